The molecular weight excluding hydrogens is 347 g/mol. The highest BCUT2D eigenvalue weighted by Gasteiger charge is 2.39. The zero-order chi connectivity index (χ0) is 19.4. The topological polar surface area (TPSA) is 54.5 Å². The molecule has 0 aliphatic carbocycles. The number of hydrogen-bond acceptors (Lipinski definition) is 4. The SMILES string of the molecule is CC(C)Oc1cc(C(F)(F)F)c2cc3c(cc2n1)NC(C)(C)C(=O)N3C. The summed E-state index contributed by atoms with van der Waals surface area (Å²) in [5, 5.41) is 3.00. The minimum Gasteiger partial charge on any atom is -0.475 e. The van der Waals surface area contributed by atoms with Gasteiger partial charge in [0, 0.05) is 18.5 Å². The van der Waals surface area contributed by atoms with E-state index in [1.54, 1.807) is 34.7 Å². The average Bonchev–Trinajstić information content (AvgIpc) is 2.49. The van der Waals surface area contributed by atoms with Crippen LogP contribution >= 0.6 is 0 Å². The highest BCUT2D eigenvalue weighted by molar-refractivity contribution is 6.09. The van der Waals surface area contributed by atoms with Crippen LogP contribution in [-0.4, -0.2) is 29.6 Å². The second-order valence-corrected chi connectivity index (χ2v) is 7.17. The van der Waals surface area contributed by atoms with Gasteiger partial charge in [-0.1, -0.05) is 0 Å². The Hall–Kier alpha value is -2.51. The number of anilines is 2. The lowest BCUT2D eigenvalue weighted by Crippen LogP contribution is -2.52. The van der Waals surface area contributed by atoms with Crippen molar-refractivity contribution in [2.24, 2.45) is 0 Å². The zero-order valence-corrected chi connectivity index (χ0v) is 15.2. The molecule has 1 amide bonds. The Morgan fingerprint density at radius 2 is 1.88 bits per heavy atom. The van der Waals surface area contributed by atoms with Crippen molar-refractivity contribution < 1.29 is 22.7 Å². The third kappa shape index (κ3) is 3.04. The molecule has 0 saturated heterocycles. The van der Waals surface area contributed by atoms with Gasteiger partial charge in [0.2, 0.25) is 5.88 Å². The van der Waals surface area contributed by atoms with E-state index in [9.17, 15) is 18.0 Å². The van der Waals surface area contributed by atoms with Gasteiger partial charge in [0.25, 0.3) is 5.91 Å². The molecule has 3 rings (SSSR count). The maximum atomic E-state index is 13.6. The number of aromatic nitrogens is 1. The van der Waals surface area contributed by atoms with Crippen molar-refractivity contribution in [2.45, 2.75) is 45.5 Å². The number of likely N-dealkylation sites (N-methyl/N-ethyl adjacent to an activating group) is 1. The second kappa shape index (κ2) is 5.75. The number of rotatable bonds is 2. The molecule has 2 aromatic rings. The molecule has 1 aromatic heterocycles. The Bertz CT molecular complexity index is 891. The summed E-state index contributed by atoms with van der Waals surface area (Å²) in [6.07, 6.45) is -4.88. The van der Waals surface area contributed by atoms with Crippen LogP contribution in [0.15, 0.2) is 18.2 Å². The number of benzene rings is 1. The zero-order valence-electron chi connectivity index (χ0n) is 15.2. The van der Waals surface area contributed by atoms with Gasteiger partial charge in [0.1, 0.15) is 5.54 Å². The van der Waals surface area contributed by atoms with Crippen molar-refractivity contribution in [1.82, 2.24) is 4.98 Å². The van der Waals surface area contributed by atoms with Crippen molar-refractivity contribution in [3.63, 3.8) is 0 Å². The van der Waals surface area contributed by atoms with E-state index in [1.807, 2.05) is 0 Å². The fraction of sp³-hybridized carbons (Fsp3) is 0.444. The summed E-state index contributed by atoms with van der Waals surface area (Å²) in [6, 6.07) is 3.77. The van der Waals surface area contributed by atoms with Crippen LogP contribution in [0.25, 0.3) is 10.9 Å². The van der Waals surface area contributed by atoms with Gasteiger partial charge in [-0.2, -0.15) is 13.2 Å². The minimum atomic E-state index is -4.57. The largest absolute Gasteiger partial charge is 0.475 e. The maximum absolute atomic E-state index is 13.6. The van der Waals surface area contributed by atoms with Crippen molar-refractivity contribution in [2.75, 3.05) is 17.3 Å². The Labute approximate surface area is 149 Å². The molecule has 8 heteroatoms. The molecule has 140 valence electrons. The summed E-state index contributed by atoms with van der Waals surface area (Å²) in [5.41, 5.74) is -0.626. The maximum Gasteiger partial charge on any atom is 0.417 e. The molecule has 5 nitrogen and oxygen atoms in total. The number of carbonyl (C=O) groups is 1. The molecule has 2 heterocycles. The normalized spacial score (nSPS) is 16.7. The molecule has 1 aromatic carbocycles. The first-order valence-corrected chi connectivity index (χ1v) is 8.19. The van der Waals surface area contributed by atoms with E-state index in [-0.39, 0.29) is 28.8 Å². The van der Waals surface area contributed by atoms with Crippen LogP contribution in [0.3, 0.4) is 0 Å². The van der Waals surface area contributed by atoms with Crippen LogP contribution in [0.4, 0.5) is 24.5 Å². The Morgan fingerprint density at radius 3 is 2.46 bits per heavy atom. The van der Waals surface area contributed by atoms with Crippen LogP contribution in [0.5, 0.6) is 5.88 Å². The van der Waals surface area contributed by atoms with E-state index in [4.69, 9.17) is 4.74 Å². The van der Waals surface area contributed by atoms with Crippen LogP contribution in [0.2, 0.25) is 0 Å². The molecule has 1 aliphatic heterocycles. The summed E-state index contributed by atoms with van der Waals surface area (Å²) < 4.78 is 46.1. The number of fused-ring (bicyclic) bond motifs is 2. The number of nitrogens with one attached hydrogen (secondary N) is 1. The highest BCUT2D eigenvalue weighted by atomic mass is 19.4. The summed E-state index contributed by atoms with van der Waals surface area (Å²) in [5.74, 6) is -0.315. The summed E-state index contributed by atoms with van der Waals surface area (Å²) in [4.78, 5) is 18.0. The molecule has 0 spiro atoms. The van der Waals surface area contributed by atoms with Gasteiger partial charge >= 0.3 is 6.18 Å². The van der Waals surface area contributed by atoms with Crippen LogP contribution in [0, 0.1) is 0 Å². The third-order valence-corrected chi connectivity index (χ3v) is 4.21. The Kier molecular flexibility index (Phi) is 4.05. The smallest absolute Gasteiger partial charge is 0.417 e. The van der Waals surface area contributed by atoms with Crippen molar-refractivity contribution in [1.29, 1.82) is 0 Å². The van der Waals surface area contributed by atoms with Gasteiger partial charge < -0.3 is 15.0 Å². The fourth-order valence-corrected chi connectivity index (χ4v) is 3.07. The number of nitrogens with zero attached hydrogens (tertiary/aromatic N) is 2. The average molecular weight is 367 g/mol. The fourth-order valence-electron chi connectivity index (χ4n) is 3.07. The predicted octanol–water partition coefficient (Wildman–Crippen LogP) is 4.21. The molecule has 0 radical (unpaired) electrons. The number of hydrogen-bond donors (Lipinski definition) is 1. The van der Waals surface area contributed by atoms with Gasteiger partial charge in [-0.05, 0) is 39.8 Å². The van der Waals surface area contributed by atoms with Crippen LogP contribution < -0.4 is 15.0 Å². The number of amides is 1. The van der Waals surface area contributed by atoms with Crippen LogP contribution in [0.1, 0.15) is 33.3 Å². The lowest BCUT2D eigenvalue weighted by molar-refractivity contribution is -0.136. The van der Waals surface area contributed by atoms with Crippen molar-refractivity contribution in [3.05, 3.63) is 23.8 Å². The molecular formula is C18H20F3N3O2. The van der Waals surface area contributed by atoms with Gasteiger partial charge in [-0.25, -0.2) is 4.98 Å². The van der Waals surface area contributed by atoms with E-state index >= 15 is 0 Å². The molecule has 0 unspecified atom stereocenters. The van der Waals surface area contributed by atoms with E-state index in [0.29, 0.717) is 11.4 Å². The Morgan fingerprint density at radius 1 is 1.23 bits per heavy atom. The summed E-state index contributed by atoms with van der Waals surface area (Å²) in [7, 11) is 1.55. The minimum absolute atomic E-state index is 0.0755. The van der Waals surface area contributed by atoms with Gasteiger partial charge in [-0.3, -0.25) is 4.79 Å². The van der Waals surface area contributed by atoms with Crippen molar-refractivity contribution in [3.8, 4) is 5.88 Å². The number of pyridine rings is 1. The van der Waals surface area contributed by atoms with E-state index in [1.165, 1.54) is 17.0 Å². The lowest BCUT2D eigenvalue weighted by Gasteiger charge is -2.38. The standard InChI is InChI=1S/C18H20F3N3O2/c1-9(2)26-15-7-11(18(19,20)21)10-6-14-13(8-12(10)22-15)23-17(3,4)16(25)24(14)5/h6-9,23H,1-5H3. The number of ether oxygens (including phenoxy) is 1. The molecule has 0 bridgehead atoms. The molecule has 0 atom stereocenters. The molecule has 1 N–H and O–H groups in total. The lowest BCUT2D eigenvalue weighted by atomic mass is 9.97. The molecule has 0 fully saturated rings. The first-order valence-electron chi connectivity index (χ1n) is 8.19. The van der Waals surface area contributed by atoms with Crippen molar-refractivity contribution >= 4 is 28.2 Å². The number of halogens is 3. The molecule has 0 saturated carbocycles. The van der Waals surface area contributed by atoms with Gasteiger partial charge in [0.15, 0.2) is 0 Å². The summed E-state index contributed by atoms with van der Waals surface area (Å²) >= 11 is 0. The first kappa shape index (κ1) is 18.3. The Balaban J connectivity index is 2.28. The first-order chi connectivity index (χ1) is 11.9. The molecule has 26 heavy (non-hydrogen) atoms. The number of alkyl halides is 3. The van der Waals surface area contributed by atoms with Gasteiger partial charge in [-0.15, -0.1) is 0 Å². The van der Waals surface area contributed by atoms with E-state index in [2.05, 4.69) is 10.3 Å². The quantitative estimate of drug-likeness (QED) is 0.864. The second-order valence-electron chi connectivity index (χ2n) is 7.17. The van der Waals surface area contributed by atoms with Gasteiger partial charge in [0.05, 0.1) is 28.6 Å². The third-order valence-electron chi connectivity index (χ3n) is 4.21. The van der Waals surface area contributed by atoms with Crippen LogP contribution in [-0.2, 0) is 11.0 Å². The number of carbonyl (C=O) groups excluding carboxylic acids is 1. The summed E-state index contributed by atoms with van der Waals surface area (Å²) in [6.45, 7) is 6.87. The predicted molar refractivity (Wildman–Crippen MR) is 93.6 cm³/mol. The highest BCUT2D eigenvalue weighted by Crippen LogP contribution is 2.42. The monoisotopic (exact) mass is 367 g/mol. The van der Waals surface area contributed by atoms with E-state index < -0.39 is 17.3 Å². The van der Waals surface area contributed by atoms with E-state index in [0.717, 1.165) is 6.07 Å². The molecule has 1 aliphatic rings.